The van der Waals surface area contributed by atoms with Gasteiger partial charge in [0.2, 0.25) is 0 Å². The monoisotopic (exact) mass is 312 g/mol. The number of fused-ring (bicyclic) bond motifs is 1. The van der Waals surface area contributed by atoms with Gasteiger partial charge in [-0.25, -0.2) is 0 Å². The highest BCUT2D eigenvalue weighted by atomic mass is 79.9. The minimum absolute atomic E-state index is 0.210. The number of alkyl halides is 1. The van der Waals surface area contributed by atoms with Crippen molar-refractivity contribution in [1.82, 2.24) is 0 Å². The average Bonchev–Trinajstić information content (AvgIpc) is 2.36. The lowest BCUT2D eigenvalue weighted by molar-refractivity contribution is 0.0512. The van der Waals surface area contributed by atoms with Crippen molar-refractivity contribution in [2.24, 2.45) is 0 Å². The van der Waals surface area contributed by atoms with E-state index in [9.17, 15) is 4.39 Å². The lowest BCUT2D eigenvalue weighted by Crippen LogP contribution is -1.99. The molecular weight excluding hydrogens is 299 g/mol. The molecule has 2 aromatic carbocycles. The fourth-order valence-electron chi connectivity index (χ4n) is 1.94. The third-order valence-electron chi connectivity index (χ3n) is 2.70. The molecule has 0 aliphatic rings. The van der Waals surface area contributed by atoms with Crippen molar-refractivity contribution in [3.63, 3.8) is 0 Å². The van der Waals surface area contributed by atoms with Crippen LogP contribution in [0.4, 0.5) is 4.39 Å². The van der Waals surface area contributed by atoms with Crippen LogP contribution in [0.2, 0.25) is 0 Å². The Bertz CT molecular complexity index is 543. The van der Waals surface area contributed by atoms with E-state index < -0.39 is 0 Å². The average molecular weight is 313 g/mol. The summed E-state index contributed by atoms with van der Waals surface area (Å²) in [6.07, 6.45) is 0.425. The van der Waals surface area contributed by atoms with Crippen LogP contribution in [0.5, 0.6) is 5.75 Å². The van der Waals surface area contributed by atoms with E-state index in [4.69, 9.17) is 9.47 Å². The lowest BCUT2D eigenvalue weighted by atomic mass is 10.0. The van der Waals surface area contributed by atoms with E-state index in [2.05, 4.69) is 15.9 Å². The van der Waals surface area contributed by atoms with Crippen LogP contribution in [0, 0.1) is 0 Å². The molecule has 0 atom stereocenters. The molecule has 0 saturated carbocycles. The first-order valence-electron chi connectivity index (χ1n) is 5.65. The number of hydrogen-bond donors (Lipinski definition) is 0. The molecule has 0 amide bonds. The van der Waals surface area contributed by atoms with Gasteiger partial charge in [-0.2, -0.15) is 0 Å². The molecule has 0 spiro atoms. The van der Waals surface area contributed by atoms with Gasteiger partial charge in [-0.05, 0) is 28.5 Å². The third-order valence-corrected chi connectivity index (χ3v) is 3.32. The molecule has 18 heavy (non-hydrogen) atoms. The summed E-state index contributed by atoms with van der Waals surface area (Å²) in [4.78, 5) is 0. The van der Waals surface area contributed by atoms with Gasteiger partial charge in [0.1, 0.15) is 5.75 Å². The van der Waals surface area contributed by atoms with E-state index in [0.29, 0.717) is 6.42 Å². The Labute approximate surface area is 114 Å². The highest BCUT2D eigenvalue weighted by Gasteiger charge is 2.07. The summed E-state index contributed by atoms with van der Waals surface area (Å²) in [7, 11) is 1.58. The first kappa shape index (κ1) is 13.3. The molecule has 0 bridgehead atoms. The molecule has 96 valence electrons. The Balaban J connectivity index is 2.47. The minimum Gasteiger partial charge on any atom is -0.468 e. The van der Waals surface area contributed by atoms with Crippen LogP contribution < -0.4 is 4.74 Å². The number of benzene rings is 2. The van der Waals surface area contributed by atoms with Gasteiger partial charge in [0.05, 0.1) is 6.67 Å². The zero-order valence-electron chi connectivity index (χ0n) is 10.1. The molecule has 4 heteroatoms. The smallest absolute Gasteiger partial charge is 0.188 e. The van der Waals surface area contributed by atoms with Crippen LogP contribution in [0.25, 0.3) is 10.8 Å². The molecule has 0 aromatic heterocycles. The molecule has 0 unspecified atom stereocenters. The van der Waals surface area contributed by atoms with Crippen LogP contribution in [-0.2, 0) is 11.2 Å². The number of rotatable bonds is 5. The standard InChI is InChI=1S/C14H14BrFO2/c1-17-9-18-12-7-11-4-2-3-10(5-6-16)14(11)13(15)8-12/h2-4,7-8H,5-6,9H2,1H3. The molecule has 0 N–H and O–H groups in total. The molecule has 2 aromatic rings. The summed E-state index contributed by atoms with van der Waals surface area (Å²) in [6, 6.07) is 9.67. The maximum atomic E-state index is 12.5. The zero-order chi connectivity index (χ0) is 13.0. The summed E-state index contributed by atoms with van der Waals surface area (Å²) < 4.78 is 23.7. The van der Waals surface area contributed by atoms with E-state index in [1.54, 1.807) is 7.11 Å². The SMILES string of the molecule is COCOc1cc(Br)c2c(CCF)cccc2c1. The minimum atomic E-state index is -0.354. The molecular formula is C14H14BrFO2. The molecule has 0 fully saturated rings. The lowest BCUT2D eigenvalue weighted by Gasteiger charge is -2.10. The molecule has 2 nitrogen and oxygen atoms in total. The van der Waals surface area contributed by atoms with Gasteiger partial charge in [0, 0.05) is 18.0 Å². The van der Waals surface area contributed by atoms with Gasteiger partial charge in [0.15, 0.2) is 6.79 Å². The first-order valence-corrected chi connectivity index (χ1v) is 6.44. The van der Waals surface area contributed by atoms with Crippen LogP contribution >= 0.6 is 15.9 Å². The Morgan fingerprint density at radius 1 is 1.28 bits per heavy atom. The summed E-state index contributed by atoms with van der Waals surface area (Å²) in [5.41, 5.74) is 1.00. The van der Waals surface area contributed by atoms with Crippen molar-refractivity contribution in [3.8, 4) is 5.75 Å². The molecule has 0 saturated heterocycles. The topological polar surface area (TPSA) is 18.5 Å². The fraction of sp³-hybridized carbons (Fsp3) is 0.286. The van der Waals surface area contributed by atoms with E-state index in [0.717, 1.165) is 26.6 Å². The van der Waals surface area contributed by atoms with Crippen LogP contribution in [0.3, 0.4) is 0 Å². The summed E-state index contributed by atoms with van der Waals surface area (Å²) in [5.74, 6) is 0.730. The van der Waals surface area contributed by atoms with E-state index in [-0.39, 0.29) is 13.5 Å². The van der Waals surface area contributed by atoms with E-state index in [1.807, 2.05) is 30.3 Å². The Morgan fingerprint density at radius 3 is 2.83 bits per heavy atom. The number of hydrogen-bond acceptors (Lipinski definition) is 2. The first-order chi connectivity index (χ1) is 8.76. The van der Waals surface area contributed by atoms with Gasteiger partial charge in [-0.15, -0.1) is 0 Å². The summed E-state index contributed by atoms with van der Waals surface area (Å²) >= 11 is 3.52. The fourth-order valence-corrected chi connectivity index (χ4v) is 2.65. The van der Waals surface area contributed by atoms with Crippen molar-refractivity contribution in [2.45, 2.75) is 6.42 Å². The third kappa shape index (κ3) is 2.82. The second kappa shape index (κ2) is 6.16. The van der Waals surface area contributed by atoms with Gasteiger partial charge >= 0.3 is 0 Å². The van der Waals surface area contributed by atoms with Gasteiger partial charge in [0.25, 0.3) is 0 Å². The Hall–Kier alpha value is -1.13. The van der Waals surface area contributed by atoms with Crippen LogP contribution in [-0.4, -0.2) is 20.6 Å². The molecule has 2 rings (SSSR count). The summed E-state index contributed by atoms with van der Waals surface area (Å²) in [5, 5.41) is 2.07. The van der Waals surface area contributed by atoms with Crippen molar-refractivity contribution in [2.75, 3.05) is 20.6 Å². The zero-order valence-corrected chi connectivity index (χ0v) is 11.7. The van der Waals surface area contributed by atoms with E-state index in [1.165, 1.54) is 0 Å². The number of halogens is 2. The second-order valence-corrected chi connectivity index (χ2v) is 4.76. The van der Waals surface area contributed by atoms with Gasteiger partial charge in [-0.1, -0.05) is 34.1 Å². The highest BCUT2D eigenvalue weighted by molar-refractivity contribution is 9.10. The normalized spacial score (nSPS) is 10.8. The predicted octanol–water partition coefficient (Wildman–Crippen LogP) is 4.10. The van der Waals surface area contributed by atoms with Crippen molar-refractivity contribution in [3.05, 3.63) is 40.4 Å². The Kier molecular flexibility index (Phi) is 4.55. The molecule has 0 aliphatic carbocycles. The van der Waals surface area contributed by atoms with Crippen LogP contribution in [0.15, 0.2) is 34.8 Å². The highest BCUT2D eigenvalue weighted by Crippen LogP contribution is 2.32. The maximum Gasteiger partial charge on any atom is 0.188 e. The number of methoxy groups -OCH3 is 1. The van der Waals surface area contributed by atoms with Crippen molar-refractivity contribution in [1.29, 1.82) is 0 Å². The van der Waals surface area contributed by atoms with Crippen molar-refractivity contribution < 1.29 is 13.9 Å². The molecule has 0 radical (unpaired) electrons. The number of ether oxygens (including phenoxy) is 2. The summed E-state index contributed by atoms with van der Waals surface area (Å²) in [6.45, 7) is -0.143. The second-order valence-electron chi connectivity index (χ2n) is 3.91. The van der Waals surface area contributed by atoms with Gasteiger partial charge in [-0.3, -0.25) is 4.39 Å². The van der Waals surface area contributed by atoms with Gasteiger partial charge < -0.3 is 9.47 Å². The predicted molar refractivity (Wildman–Crippen MR) is 73.8 cm³/mol. The Morgan fingerprint density at radius 2 is 2.11 bits per heavy atom. The maximum absolute atomic E-state index is 12.5. The molecule has 0 aliphatic heterocycles. The van der Waals surface area contributed by atoms with E-state index >= 15 is 0 Å². The van der Waals surface area contributed by atoms with Crippen LogP contribution in [0.1, 0.15) is 5.56 Å². The van der Waals surface area contributed by atoms with Crippen molar-refractivity contribution >= 4 is 26.7 Å². The number of aryl methyl sites for hydroxylation is 1. The largest absolute Gasteiger partial charge is 0.468 e. The molecule has 0 heterocycles. The quantitative estimate of drug-likeness (QED) is 0.774.